The van der Waals surface area contributed by atoms with Crippen molar-refractivity contribution in [3.05, 3.63) is 65.5 Å². The normalized spacial score (nSPS) is 14.4. The van der Waals surface area contributed by atoms with Crippen LogP contribution >= 0.6 is 0 Å². The van der Waals surface area contributed by atoms with Gasteiger partial charge in [-0.1, -0.05) is 30.3 Å². The van der Waals surface area contributed by atoms with Gasteiger partial charge in [0.25, 0.3) is 0 Å². The number of para-hydroxylation sites is 1. The summed E-state index contributed by atoms with van der Waals surface area (Å²) in [6.45, 7) is 3.76. The van der Waals surface area contributed by atoms with Crippen molar-refractivity contribution in [2.24, 2.45) is 0 Å². The number of halogens is 1. The first-order chi connectivity index (χ1) is 14.5. The average molecular weight is 413 g/mol. The molecule has 30 heavy (non-hydrogen) atoms. The summed E-state index contributed by atoms with van der Waals surface area (Å²) in [5.41, 5.74) is 1.90. The molecule has 1 fully saturated rings. The van der Waals surface area contributed by atoms with Gasteiger partial charge in [-0.25, -0.2) is 4.39 Å². The number of nitrogens with one attached hydrogen (secondary N) is 1. The van der Waals surface area contributed by atoms with Gasteiger partial charge >= 0.3 is 0 Å². The Morgan fingerprint density at radius 1 is 1.10 bits per heavy atom. The molecule has 3 rings (SSSR count). The van der Waals surface area contributed by atoms with Crippen molar-refractivity contribution in [3.8, 4) is 5.75 Å². The van der Waals surface area contributed by atoms with Crippen LogP contribution in [0.25, 0.3) is 0 Å². The van der Waals surface area contributed by atoms with Gasteiger partial charge in [0.15, 0.2) is 0 Å². The molecule has 1 heterocycles. The van der Waals surface area contributed by atoms with Crippen molar-refractivity contribution < 1.29 is 18.7 Å². The minimum absolute atomic E-state index is 0.0273. The summed E-state index contributed by atoms with van der Waals surface area (Å²) in [5, 5.41) is 3.07. The minimum atomic E-state index is -0.301. The first-order valence-corrected chi connectivity index (χ1v) is 10.5. The second-order valence-corrected chi connectivity index (χ2v) is 7.74. The van der Waals surface area contributed by atoms with E-state index in [1.807, 2.05) is 36.1 Å². The molecule has 0 aliphatic carbocycles. The van der Waals surface area contributed by atoms with Crippen LogP contribution in [-0.4, -0.2) is 42.5 Å². The van der Waals surface area contributed by atoms with Crippen LogP contribution in [0, 0.1) is 12.7 Å². The molecule has 2 amide bonds. The molecule has 0 saturated carbocycles. The van der Waals surface area contributed by atoms with Crippen LogP contribution in [0.15, 0.2) is 48.5 Å². The summed E-state index contributed by atoms with van der Waals surface area (Å²) in [4.78, 5) is 26.4. The quantitative estimate of drug-likeness (QED) is 0.674. The number of likely N-dealkylation sites (tertiary alicyclic amines) is 1. The van der Waals surface area contributed by atoms with Crippen molar-refractivity contribution >= 4 is 11.8 Å². The zero-order valence-corrected chi connectivity index (χ0v) is 17.4. The van der Waals surface area contributed by atoms with Gasteiger partial charge in [-0.15, -0.1) is 0 Å². The number of hydrogen-bond donors (Lipinski definition) is 1. The molecular weight excluding hydrogens is 383 g/mol. The molecule has 2 aromatic rings. The smallest absolute Gasteiger partial charge is 0.226 e. The number of benzene rings is 2. The lowest BCUT2D eigenvalue weighted by atomic mass is 10.0. The van der Waals surface area contributed by atoms with E-state index < -0.39 is 0 Å². The molecule has 0 unspecified atom stereocenters. The molecule has 1 aliphatic rings. The molecule has 0 aromatic heterocycles. The number of ether oxygens (including phenoxy) is 1. The number of amides is 2. The molecule has 0 radical (unpaired) electrons. The lowest BCUT2D eigenvalue weighted by Crippen LogP contribution is -2.47. The predicted molar refractivity (Wildman–Crippen MR) is 114 cm³/mol. The molecule has 160 valence electrons. The van der Waals surface area contributed by atoms with Gasteiger partial charge < -0.3 is 15.0 Å². The van der Waals surface area contributed by atoms with Crippen molar-refractivity contribution in [2.75, 3.05) is 19.7 Å². The summed E-state index contributed by atoms with van der Waals surface area (Å²) in [6.07, 6.45) is 2.87. The molecule has 1 saturated heterocycles. The Kier molecular flexibility index (Phi) is 7.82. The van der Waals surface area contributed by atoms with E-state index >= 15 is 0 Å². The maximum atomic E-state index is 13.0. The average Bonchev–Trinajstić information content (AvgIpc) is 2.74. The summed E-state index contributed by atoms with van der Waals surface area (Å²) >= 11 is 0. The van der Waals surface area contributed by atoms with E-state index in [1.165, 1.54) is 12.1 Å². The summed E-state index contributed by atoms with van der Waals surface area (Å²) in [6, 6.07) is 14.0. The van der Waals surface area contributed by atoms with Crippen molar-refractivity contribution in [3.63, 3.8) is 0 Å². The first kappa shape index (κ1) is 21.8. The van der Waals surface area contributed by atoms with Gasteiger partial charge in [0, 0.05) is 25.6 Å². The Labute approximate surface area is 177 Å². The van der Waals surface area contributed by atoms with E-state index in [1.54, 1.807) is 12.1 Å². The third kappa shape index (κ3) is 6.58. The highest BCUT2D eigenvalue weighted by Crippen LogP contribution is 2.17. The lowest BCUT2D eigenvalue weighted by molar-refractivity contribution is -0.131. The molecule has 0 atom stereocenters. The molecular formula is C24H29FN2O3. The highest BCUT2D eigenvalue weighted by Gasteiger charge is 2.23. The zero-order valence-electron chi connectivity index (χ0n) is 17.4. The van der Waals surface area contributed by atoms with E-state index in [9.17, 15) is 14.0 Å². The Morgan fingerprint density at radius 2 is 1.80 bits per heavy atom. The van der Waals surface area contributed by atoms with Crippen LogP contribution in [0.2, 0.25) is 0 Å². The Morgan fingerprint density at radius 3 is 2.50 bits per heavy atom. The van der Waals surface area contributed by atoms with E-state index in [0.717, 1.165) is 29.7 Å². The minimum Gasteiger partial charge on any atom is -0.493 e. The summed E-state index contributed by atoms with van der Waals surface area (Å²) in [5.74, 6) is 0.624. The van der Waals surface area contributed by atoms with Crippen molar-refractivity contribution in [2.45, 2.75) is 45.1 Å². The molecule has 6 heteroatoms. The Balaban J connectivity index is 1.32. The molecule has 0 bridgehead atoms. The zero-order chi connectivity index (χ0) is 21.3. The van der Waals surface area contributed by atoms with E-state index in [0.29, 0.717) is 32.5 Å². The van der Waals surface area contributed by atoms with Gasteiger partial charge in [0.05, 0.1) is 13.0 Å². The van der Waals surface area contributed by atoms with E-state index in [4.69, 9.17) is 4.74 Å². The topological polar surface area (TPSA) is 58.6 Å². The molecule has 5 nitrogen and oxygen atoms in total. The van der Waals surface area contributed by atoms with Gasteiger partial charge in [0.1, 0.15) is 11.6 Å². The van der Waals surface area contributed by atoms with Crippen LogP contribution in [0.3, 0.4) is 0 Å². The Hall–Kier alpha value is -2.89. The largest absolute Gasteiger partial charge is 0.493 e. The van der Waals surface area contributed by atoms with Crippen LogP contribution in [0.1, 0.15) is 36.8 Å². The van der Waals surface area contributed by atoms with E-state index in [2.05, 4.69) is 5.32 Å². The fourth-order valence-corrected chi connectivity index (χ4v) is 3.59. The summed E-state index contributed by atoms with van der Waals surface area (Å²) in [7, 11) is 0. The second kappa shape index (κ2) is 10.8. The highest BCUT2D eigenvalue weighted by atomic mass is 19.1. The number of rotatable bonds is 8. The first-order valence-electron chi connectivity index (χ1n) is 10.5. The highest BCUT2D eigenvalue weighted by molar-refractivity contribution is 5.79. The number of aryl methyl sites for hydroxylation is 1. The van der Waals surface area contributed by atoms with Crippen LogP contribution in [-0.2, 0) is 16.0 Å². The van der Waals surface area contributed by atoms with E-state index in [-0.39, 0.29) is 30.1 Å². The standard InChI is InChI=1S/C24H29FN2O3/c1-18-5-2-3-6-22(18)30-16-4-7-23(28)26-21-12-14-27(15-13-21)24(29)17-19-8-10-20(25)11-9-19/h2-3,5-6,8-11,21H,4,7,12-17H2,1H3,(H,26,28). The monoisotopic (exact) mass is 412 g/mol. The number of nitrogens with zero attached hydrogens (tertiary/aromatic N) is 1. The van der Waals surface area contributed by atoms with Gasteiger partial charge in [0.2, 0.25) is 11.8 Å². The number of carbonyl (C=O) groups excluding carboxylic acids is 2. The SMILES string of the molecule is Cc1ccccc1OCCCC(=O)NC1CCN(C(=O)Cc2ccc(F)cc2)CC1. The number of hydrogen-bond acceptors (Lipinski definition) is 3. The van der Waals surface area contributed by atoms with Gasteiger partial charge in [-0.2, -0.15) is 0 Å². The fourth-order valence-electron chi connectivity index (χ4n) is 3.59. The lowest BCUT2D eigenvalue weighted by Gasteiger charge is -2.32. The number of carbonyl (C=O) groups is 2. The molecule has 1 N–H and O–H groups in total. The van der Waals surface area contributed by atoms with Crippen LogP contribution in [0.4, 0.5) is 4.39 Å². The van der Waals surface area contributed by atoms with Crippen molar-refractivity contribution in [1.29, 1.82) is 0 Å². The molecule has 2 aromatic carbocycles. The second-order valence-electron chi connectivity index (χ2n) is 7.74. The molecule has 1 aliphatic heterocycles. The predicted octanol–water partition coefficient (Wildman–Crippen LogP) is 3.64. The fraction of sp³-hybridized carbons (Fsp3) is 0.417. The van der Waals surface area contributed by atoms with Crippen LogP contribution in [0.5, 0.6) is 5.75 Å². The van der Waals surface area contributed by atoms with Gasteiger partial charge in [-0.3, -0.25) is 9.59 Å². The maximum Gasteiger partial charge on any atom is 0.226 e. The third-order valence-corrected chi connectivity index (χ3v) is 5.38. The van der Waals surface area contributed by atoms with Crippen molar-refractivity contribution in [1.82, 2.24) is 10.2 Å². The molecule has 0 spiro atoms. The Bertz CT molecular complexity index is 846. The number of piperidine rings is 1. The third-order valence-electron chi connectivity index (χ3n) is 5.38. The summed E-state index contributed by atoms with van der Waals surface area (Å²) < 4.78 is 18.7. The van der Waals surface area contributed by atoms with Gasteiger partial charge in [-0.05, 0) is 55.5 Å². The van der Waals surface area contributed by atoms with Crippen LogP contribution < -0.4 is 10.1 Å². The maximum absolute atomic E-state index is 13.0.